The minimum absolute atomic E-state index is 0.268. The Hall–Kier alpha value is -1.17. The minimum Gasteiger partial charge on any atom is -0.495 e. The van der Waals surface area contributed by atoms with Crippen LogP contribution in [-0.2, 0) is 4.74 Å². The molecule has 1 fully saturated rings. The van der Waals surface area contributed by atoms with E-state index in [4.69, 9.17) is 25.8 Å². The van der Waals surface area contributed by atoms with Crippen LogP contribution in [0.1, 0.15) is 13.3 Å². The lowest BCUT2D eigenvalue weighted by Crippen LogP contribution is -2.43. The van der Waals surface area contributed by atoms with Crippen LogP contribution in [0.4, 0.5) is 5.69 Å². The zero-order chi connectivity index (χ0) is 15.2. The third-order valence-electron chi connectivity index (χ3n) is 3.51. The van der Waals surface area contributed by atoms with E-state index in [-0.39, 0.29) is 6.04 Å². The molecule has 0 aliphatic carbocycles. The monoisotopic (exact) mass is 314 g/mol. The highest BCUT2D eigenvalue weighted by Crippen LogP contribution is 2.36. The van der Waals surface area contributed by atoms with Gasteiger partial charge in [0.05, 0.1) is 38.1 Å². The average Bonchev–Trinajstić information content (AvgIpc) is 2.49. The zero-order valence-corrected chi connectivity index (χ0v) is 13.5. The van der Waals surface area contributed by atoms with Crippen LogP contribution in [-0.4, -0.2) is 46.1 Å². The van der Waals surface area contributed by atoms with Crippen LogP contribution >= 0.6 is 11.6 Å². The lowest BCUT2D eigenvalue weighted by Gasteiger charge is -2.27. The van der Waals surface area contributed by atoms with E-state index in [1.807, 2.05) is 6.07 Å². The van der Waals surface area contributed by atoms with Crippen molar-refractivity contribution in [1.29, 1.82) is 0 Å². The van der Waals surface area contributed by atoms with Crippen LogP contribution < -0.4 is 20.1 Å². The van der Waals surface area contributed by atoms with Crippen molar-refractivity contribution >= 4 is 17.3 Å². The van der Waals surface area contributed by atoms with Crippen LogP contribution in [0.5, 0.6) is 11.5 Å². The van der Waals surface area contributed by atoms with Gasteiger partial charge >= 0.3 is 0 Å². The van der Waals surface area contributed by atoms with Gasteiger partial charge < -0.3 is 24.8 Å². The minimum atomic E-state index is 0.268. The highest BCUT2D eigenvalue weighted by atomic mass is 35.5. The fourth-order valence-electron chi connectivity index (χ4n) is 2.50. The number of rotatable bonds is 6. The van der Waals surface area contributed by atoms with Crippen molar-refractivity contribution in [1.82, 2.24) is 5.32 Å². The maximum Gasteiger partial charge on any atom is 0.143 e. The molecular weight excluding hydrogens is 292 g/mol. The van der Waals surface area contributed by atoms with Gasteiger partial charge in [0.25, 0.3) is 0 Å². The number of halogens is 1. The summed E-state index contributed by atoms with van der Waals surface area (Å²) < 4.78 is 16.1. The lowest BCUT2D eigenvalue weighted by molar-refractivity contribution is 0.0731. The van der Waals surface area contributed by atoms with Gasteiger partial charge in [-0.2, -0.15) is 0 Å². The van der Waals surface area contributed by atoms with Gasteiger partial charge in [0, 0.05) is 30.8 Å². The van der Waals surface area contributed by atoms with Gasteiger partial charge in [-0.05, 0) is 13.3 Å². The predicted octanol–water partition coefficient (Wildman–Crippen LogP) is 2.54. The first-order valence-corrected chi connectivity index (χ1v) is 7.51. The number of anilines is 1. The number of ether oxygens (including phenoxy) is 3. The molecule has 0 bridgehead atoms. The third kappa shape index (κ3) is 4.40. The lowest BCUT2D eigenvalue weighted by atomic mass is 10.1. The topological polar surface area (TPSA) is 51.8 Å². The normalized spacial score (nSPS) is 19.9. The second-order valence-corrected chi connectivity index (χ2v) is 5.60. The molecule has 0 radical (unpaired) electrons. The van der Waals surface area contributed by atoms with E-state index in [0.717, 1.165) is 31.9 Å². The van der Waals surface area contributed by atoms with E-state index >= 15 is 0 Å². The van der Waals surface area contributed by atoms with Gasteiger partial charge in [0.15, 0.2) is 0 Å². The van der Waals surface area contributed by atoms with E-state index in [2.05, 4.69) is 17.6 Å². The summed E-state index contributed by atoms with van der Waals surface area (Å²) in [5.41, 5.74) is 0.878. The summed E-state index contributed by atoms with van der Waals surface area (Å²) in [4.78, 5) is 0. The highest BCUT2D eigenvalue weighted by Gasteiger charge is 2.18. The second kappa shape index (κ2) is 7.73. The fourth-order valence-corrected chi connectivity index (χ4v) is 2.73. The molecule has 118 valence electrons. The molecule has 2 rings (SSSR count). The molecule has 2 N–H and O–H groups in total. The van der Waals surface area contributed by atoms with Crippen molar-refractivity contribution < 1.29 is 14.2 Å². The molecular formula is C15H23ClN2O3. The van der Waals surface area contributed by atoms with Crippen LogP contribution in [0.2, 0.25) is 5.02 Å². The molecule has 1 aliphatic heterocycles. The Kier molecular flexibility index (Phi) is 5.96. The van der Waals surface area contributed by atoms with Crippen LogP contribution in [0.3, 0.4) is 0 Å². The van der Waals surface area contributed by atoms with Gasteiger partial charge in [-0.1, -0.05) is 11.6 Å². The summed E-state index contributed by atoms with van der Waals surface area (Å²) in [6, 6.07) is 4.27. The third-order valence-corrected chi connectivity index (χ3v) is 3.81. The quantitative estimate of drug-likeness (QED) is 0.845. The highest BCUT2D eigenvalue weighted by molar-refractivity contribution is 6.32. The molecule has 0 spiro atoms. The number of hydrogen-bond donors (Lipinski definition) is 2. The molecule has 0 aromatic heterocycles. The SMILES string of the molecule is COc1cc(NC(C)CC2COCCN2)c(OC)cc1Cl. The second-order valence-electron chi connectivity index (χ2n) is 5.19. The first-order chi connectivity index (χ1) is 10.1. The van der Waals surface area contributed by atoms with Gasteiger partial charge in [0.2, 0.25) is 0 Å². The molecule has 1 aromatic carbocycles. The Morgan fingerprint density at radius 2 is 2.14 bits per heavy atom. The molecule has 5 nitrogen and oxygen atoms in total. The molecule has 0 saturated carbocycles. The van der Waals surface area contributed by atoms with Gasteiger partial charge in [-0.25, -0.2) is 0 Å². The Morgan fingerprint density at radius 3 is 2.76 bits per heavy atom. The molecule has 6 heteroatoms. The Morgan fingerprint density at radius 1 is 1.38 bits per heavy atom. The maximum atomic E-state index is 6.11. The van der Waals surface area contributed by atoms with Crippen molar-refractivity contribution in [3.8, 4) is 11.5 Å². The Balaban J connectivity index is 2.03. The number of methoxy groups -OCH3 is 2. The number of morpholine rings is 1. The average molecular weight is 315 g/mol. The largest absolute Gasteiger partial charge is 0.495 e. The van der Waals surface area contributed by atoms with Crippen LogP contribution in [0, 0.1) is 0 Å². The Bertz CT molecular complexity index is 464. The molecule has 0 amide bonds. The predicted molar refractivity (Wildman–Crippen MR) is 84.9 cm³/mol. The zero-order valence-electron chi connectivity index (χ0n) is 12.7. The van der Waals surface area contributed by atoms with E-state index in [0.29, 0.717) is 22.6 Å². The maximum absolute atomic E-state index is 6.11. The standard InChI is InChI=1S/C15H23ClN2O3/c1-10(6-11-9-21-5-4-17-11)18-13-8-14(19-2)12(16)7-15(13)20-3/h7-8,10-11,17-18H,4-6,9H2,1-3H3. The number of benzene rings is 1. The molecule has 1 aromatic rings. The first kappa shape index (κ1) is 16.2. The first-order valence-electron chi connectivity index (χ1n) is 7.13. The van der Waals surface area contributed by atoms with E-state index in [9.17, 15) is 0 Å². The summed E-state index contributed by atoms with van der Waals surface area (Å²) >= 11 is 6.11. The Labute approximate surface area is 130 Å². The van der Waals surface area contributed by atoms with Crippen molar-refractivity contribution in [2.45, 2.75) is 25.4 Å². The molecule has 1 saturated heterocycles. The van der Waals surface area contributed by atoms with Gasteiger partial charge in [-0.15, -0.1) is 0 Å². The van der Waals surface area contributed by atoms with Gasteiger partial charge in [-0.3, -0.25) is 0 Å². The number of nitrogens with one attached hydrogen (secondary N) is 2. The summed E-state index contributed by atoms with van der Waals surface area (Å²) in [6.45, 7) is 4.60. The molecule has 2 unspecified atom stereocenters. The summed E-state index contributed by atoms with van der Waals surface area (Å²) in [5, 5.41) is 7.44. The summed E-state index contributed by atoms with van der Waals surface area (Å²) in [7, 11) is 3.23. The van der Waals surface area contributed by atoms with Gasteiger partial charge in [0.1, 0.15) is 11.5 Å². The van der Waals surface area contributed by atoms with E-state index < -0.39 is 0 Å². The summed E-state index contributed by atoms with van der Waals surface area (Å²) in [5.74, 6) is 1.34. The molecule has 1 heterocycles. The smallest absolute Gasteiger partial charge is 0.143 e. The van der Waals surface area contributed by atoms with Crippen molar-refractivity contribution in [3.63, 3.8) is 0 Å². The van der Waals surface area contributed by atoms with Crippen molar-refractivity contribution in [2.24, 2.45) is 0 Å². The summed E-state index contributed by atoms with van der Waals surface area (Å²) in [6.07, 6.45) is 0.966. The van der Waals surface area contributed by atoms with Crippen LogP contribution in [0.15, 0.2) is 12.1 Å². The van der Waals surface area contributed by atoms with E-state index in [1.165, 1.54) is 0 Å². The molecule has 2 atom stereocenters. The van der Waals surface area contributed by atoms with Crippen LogP contribution in [0.25, 0.3) is 0 Å². The van der Waals surface area contributed by atoms with E-state index in [1.54, 1.807) is 20.3 Å². The van der Waals surface area contributed by atoms with Crippen molar-refractivity contribution in [2.75, 3.05) is 39.3 Å². The van der Waals surface area contributed by atoms with Crippen molar-refractivity contribution in [3.05, 3.63) is 17.2 Å². The molecule has 21 heavy (non-hydrogen) atoms. The molecule has 1 aliphatic rings. The fraction of sp³-hybridized carbons (Fsp3) is 0.600. The number of hydrogen-bond acceptors (Lipinski definition) is 5.